The Balaban J connectivity index is 1.81. The fraction of sp³-hybridized carbons (Fsp3) is 0.538. The first-order valence-corrected chi connectivity index (χ1v) is 12.2. The number of imidazole rings is 1. The van der Waals surface area contributed by atoms with E-state index in [1.807, 2.05) is 0 Å². The third-order valence-corrected chi connectivity index (χ3v) is 5.79. The van der Waals surface area contributed by atoms with E-state index in [0.717, 1.165) is 6.33 Å². The van der Waals surface area contributed by atoms with Crippen molar-refractivity contribution in [1.29, 1.82) is 0 Å². The molecule has 2 aromatic rings. The summed E-state index contributed by atoms with van der Waals surface area (Å²) in [5.41, 5.74) is 16.5. The van der Waals surface area contributed by atoms with Gasteiger partial charge in [0, 0.05) is 0 Å². The second-order valence-corrected chi connectivity index (χ2v) is 9.89. The van der Waals surface area contributed by atoms with E-state index in [9.17, 15) is 23.9 Å². The van der Waals surface area contributed by atoms with E-state index in [0.29, 0.717) is 0 Å². The number of nitrogens with zero attached hydrogens (tertiary/aromatic N) is 4. The number of rotatable bonds is 8. The van der Waals surface area contributed by atoms with Crippen molar-refractivity contribution in [3.63, 3.8) is 0 Å². The molecule has 0 saturated carbocycles. The second kappa shape index (κ2) is 9.07. The molecule has 1 saturated heterocycles. The van der Waals surface area contributed by atoms with E-state index in [-0.39, 0.29) is 17.0 Å². The van der Waals surface area contributed by atoms with Gasteiger partial charge in [-0.15, -0.1) is 0 Å². The second-order valence-electron chi connectivity index (χ2n) is 6.86. The molecule has 0 spiro atoms. The zero-order valence-corrected chi connectivity index (χ0v) is 17.9. The number of aromatic nitrogens is 4. The SMILES string of the molecule is Nc1ncnc2c1ncn2[C@@H]1O[C@H](COC(=O)[C@@H](N)CP(=O)(O)O)[C@@H](OP(N)(=O)O)[C@H]1O. The highest BCUT2D eigenvalue weighted by Gasteiger charge is 2.49. The molecule has 1 aliphatic heterocycles. The highest BCUT2D eigenvalue weighted by Crippen LogP contribution is 2.42. The van der Waals surface area contributed by atoms with Gasteiger partial charge < -0.3 is 40.7 Å². The molecule has 1 aliphatic rings. The lowest BCUT2D eigenvalue weighted by molar-refractivity contribution is -0.150. The molecule has 3 heterocycles. The fourth-order valence-electron chi connectivity index (χ4n) is 3.05. The molecule has 1 unspecified atom stereocenters. The molecule has 19 heteroatoms. The van der Waals surface area contributed by atoms with Crippen LogP contribution in [0.15, 0.2) is 12.7 Å². The van der Waals surface area contributed by atoms with Crippen molar-refractivity contribution in [1.82, 2.24) is 19.5 Å². The maximum absolute atomic E-state index is 11.9. The highest BCUT2D eigenvalue weighted by molar-refractivity contribution is 7.51. The van der Waals surface area contributed by atoms with Gasteiger partial charge in [0.2, 0.25) is 0 Å². The van der Waals surface area contributed by atoms with Crippen LogP contribution in [0.4, 0.5) is 5.82 Å². The van der Waals surface area contributed by atoms with E-state index in [2.05, 4.69) is 15.0 Å². The van der Waals surface area contributed by atoms with Gasteiger partial charge in [0.1, 0.15) is 42.8 Å². The first kappa shape index (κ1) is 24.6. The summed E-state index contributed by atoms with van der Waals surface area (Å²) in [6, 6.07) is -1.65. The van der Waals surface area contributed by atoms with Crippen LogP contribution in [0.5, 0.6) is 0 Å². The van der Waals surface area contributed by atoms with Gasteiger partial charge in [0.05, 0.1) is 12.5 Å². The zero-order valence-electron chi connectivity index (χ0n) is 16.1. The summed E-state index contributed by atoms with van der Waals surface area (Å²) in [5, 5.41) is 10.7. The Hall–Kier alpha value is -2.04. The van der Waals surface area contributed by atoms with E-state index in [4.69, 9.17) is 40.8 Å². The average molecular weight is 497 g/mol. The molecule has 0 aliphatic carbocycles. The van der Waals surface area contributed by atoms with Gasteiger partial charge >= 0.3 is 21.3 Å². The number of hydrogen-bond acceptors (Lipinski definition) is 12. The number of fused-ring (bicyclic) bond motifs is 1. The zero-order chi connectivity index (χ0) is 23.8. The normalized spacial score (nSPS) is 26.7. The number of carbonyl (C=O) groups excluding carboxylic acids is 1. The maximum Gasteiger partial charge on any atom is 0.400 e. The van der Waals surface area contributed by atoms with E-state index >= 15 is 0 Å². The van der Waals surface area contributed by atoms with Gasteiger partial charge in [-0.25, -0.2) is 25.0 Å². The predicted octanol–water partition coefficient (Wildman–Crippen LogP) is -2.84. The predicted molar refractivity (Wildman–Crippen MR) is 104 cm³/mol. The monoisotopic (exact) mass is 497 g/mol. The number of aliphatic hydroxyl groups is 1. The number of nitrogen functional groups attached to an aromatic ring is 1. The van der Waals surface area contributed by atoms with Crippen LogP contribution in [-0.2, 0) is 27.9 Å². The molecule has 32 heavy (non-hydrogen) atoms. The Bertz CT molecular complexity index is 1090. The Morgan fingerprint density at radius 3 is 2.59 bits per heavy atom. The Labute approximate surface area is 179 Å². The largest absolute Gasteiger partial charge is 0.462 e. The number of hydrogen-bond donors (Lipinski definition) is 7. The maximum atomic E-state index is 11.9. The third-order valence-electron chi connectivity index (χ3n) is 4.37. The van der Waals surface area contributed by atoms with Gasteiger partial charge in [0.15, 0.2) is 17.7 Å². The van der Waals surface area contributed by atoms with Crippen LogP contribution in [0.2, 0.25) is 0 Å². The van der Waals surface area contributed by atoms with Crippen LogP contribution in [0, 0.1) is 0 Å². The number of nitrogens with two attached hydrogens (primary N) is 3. The van der Waals surface area contributed by atoms with Crippen LogP contribution in [-0.4, -0.2) is 82.4 Å². The number of anilines is 1. The number of esters is 1. The lowest BCUT2D eigenvalue weighted by Gasteiger charge is -2.22. The highest BCUT2D eigenvalue weighted by atomic mass is 31.2. The van der Waals surface area contributed by atoms with Crippen molar-refractivity contribution in [2.45, 2.75) is 30.6 Å². The van der Waals surface area contributed by atoms with Crippen LogP contribution in [0.25, 0.3) is 11.2 Å². The molecule has 6 atom stereocenters. The lowest BCUT2D eigenvalue weighted by Crippen LogP contribution is -2.40. The molecule has 0 bridgehead atoms. The Morgan fingerprint density at radius 1 is 1.28 bits per heavy atom. The molecular formula is C13H21N7O10P2. The number of ether oxygens (including phenoxy) is 2. The summed E-state index contributed by atoms with van der Waals surface area (Å²) in [4.78, 5) is 51.0. The van der Waals surface area contributed by atoms with Crippen LogP contribution < -0.4 is 17.0 Å². The van der Waals surface area contributed by atoms with Gasteiger partial charge in [-0.3, -0.25) is 18.5 Å². The van der Waals surface area contributed by atoms with Crippen molar-refractivity contribution >= 4 is 38.3 Å². The van der Waals surface area contributed by atoms with Crippen molar-refractivity contribution in [3.05, 3.63) is 12.7 Å². The summed E-state index contributed by atoms with van der Waals surface area (Å²) in [7, 11) is -9.21. The smallest absolute Gasteiger partial charge is 0.400 e. The van der Waals surface area contributed by atoms with Crippen LogP contribution in [0.3, 0.4) is 0 Å². The van der Waals surface area contributed by atoms with Crippen LogP contribution in [0.1, 0.15) is 6.23 Å². The molecule has 3 rings (SSSR count). The summed E-state index contributed by atoms with van der Waals surface area (Å²) in [6.07, 6.45) is -4.36. The third kappa shape index (κ3) is 5.65. The number of carbonyl (C=O) groups is 1. The lowest BCUT2D eigenvalue weighted by atomic mass is 10.1. The van der Waals surface area contributed by atoms with Gasteiger partial charge in [-0.2, -0.15) is 0 Å². The quantitative estimate of drug-likeness (QED) is 0.143. The molecule has 17 nitrogen and oxygen atoms in total. The van der Waals surface area contributed by atoms with E-state index < -0.39 is 64.7 Å². The van der Waals surface area contributed by atoms with Crippen molar-refractivity contribution in [2.75, 3.05) is 18.5 Å². The number of aliphatic hydroxyl groups excluding tert-OH is 1. The molecule has 0 amide bonds. The molecule has 0 radical (unpaired) electrons. The van der Waals surface area contributed by atoms with Gasteiger partial charge in [-0.05, 0) is 0 Å². The average Bonchev–Trinajstić information content (AvgIpc) is 3.20. The summed E-state index contributed by atoms with van der Waals surface area (Å²) >= 11 is 0. The van der Waals surface area contributed by atoms with Crippen LogP contribution >= 0.6 is 15.3 Å². The first-order chi connectivity index (χ1) is 14.8. The molecule has 10 N–H and O–H groups in total. The molecule has 178 valence electrons. The molecule has 1 fully saturated rings. The van der Waals surface area contributed by atoms with Crippen molar-refractivity contribution in [3.8, 4) is 0 Å². The minimum atomic E-state index is -4.62. The standard InChI is InChI=1S/C13H21N7O10P2/c14-5(2-31(23,24)25)13(22)28-1-6-9(30-32(16,26)27)8(21)12(29-6)20-4-19-7-10(15)17-3-18-11(7)20/h3-6,8-9,12,21H,1-2,14H2,(H2,15,17,18)(H3,16,26,27)(H2,23,24,25)/t5-,6+,8+,9+,12+/m0/s1. The van der Waals surface area contributed by atoms with E-state index in [1.165, 1.54) is 10.9 Å². The topological polar surface area (TPSA) is 281 Å². The Kier molecular flexibility index (Phi) is 6.97. The molecule has 2 aromatic heterocycles. The fourth-order valence-corrected chi connectivity index (χ4v) is 4.32. The minimum Gasteiger partial charge on any atom is -0.462 e. The summed E-state index contributed by atoms with van der Waals surface area (Å²) in [5.74, 6) is -1.12. The molecular weight excluding hydrogens is 476 g/mol. The van der Waals surface area contributed by atoms with Crippen molar-refractivity contribution < 1.29 is 47.7 Å². The molecule has 0 aromatic carbocycles. The summed E-state index contributed by atoms with van der Waals surface area (Å²) in [6.45, 7) is -0.657. The summed E-state index contributed by atoms with van der Waals surface area (Å²) < 4.78 is 39.2. The van der Waals surface area contributed by atoms with Gasteiger partial charge in [0.25, 0.3) is 0 Å². The Morgan fingerprint density at radius 2 is 1.97 bits per heavy atom. The van der Waals surface area contributed by atoms with Gasteiger partial charge in [-0.1, -0.05) is 0 Å². The minimum absolute atomic E-state index is 0.0559. The first-order valence-electron chi connectivity index (χ1n) is 8.80. The van der Waals surface area contributed by atoms with E-state index in [1.54, 1.807) is 0 Å². The van der Waals surface area contributed by atoms with Crippen molar-refractivity contribution in [2.24, 2.45) is 11.2 Å².